The van der Waals surface area contributed by atoms with E-state index in [1.165, 1.54) is 16.1 Å². The molecular formula is C23H25N7O2. The van der Waals surface area contributed by atoms with E-state index in [2.05, 4.69) is 33.1 Å². The first kappa shape index (κ1) is 20.3. The lowest BCUT2D eigenvalue weighted by molar-refractivity contribution is 0.181. The van der Waals surface area contributed by atoms with Gasteiger partial charge in [0.15, 0.2) is 11.5 Å². The van der Waals surface area contributed by atoms with Crippen molar-refractivity contribution in [2.45, 2.75) is 33.4 Å². The molecule has 4 aromatic rings. The Kier molecular flexibility index (Phi) is 4.97. The van der Waals surface area contributed by atoms with Crippen molar-refractivity contribution in [2.24, 2.45) is 7.05 Å². The molecule has 9 nitrogen and oxygen atoms in total. The molecule has 5 heterocycles. The van der Waals surface area contributed by atoms with E-state index in [9.17, 15) is 4.79 Å². The molecule has 164 valence electrons. The summed E-state index contributed by atoms with van der Waals surface area (Å²) in [4.78, 5) is 24.1. The van der Waals surface area contributed by atoms with E-state index < -0.39 is 0 Å². The van der Waals surface area contributed by atoms with Crippen LogP contribution in [-0.2, 0) is 31.4 Å². The van der Waals surface area contributed by atoms with Gasteiger partial charge in [0.1, 0.15) is 0 Å². The average Bonchev–Trinajstić information content (AvgIpc) is 3.11. The minimum atomic E-state index is -0.211. The van der Waals surface area contributed by atoms with E-state index in [-0.39, 0.29) is 5.56 Å². The van der Waals surface area contributed by atoms with Crippen LogP contribution in [0.5, 0.6) is 0 Å². The zero-order valence-electron chi connectivity index (χ0n) is 18.7. The summed E-state index contributed by atoms with van der Waals surface area (Å²) in [5, 5.41) is 9.02. The molecule has 9 heteroatoms. The number of nitrogens with zero attached hydrogens (tertiary/aromatic N) is 7. The van der Waals surface area contributed by atoms with Gasteiger partial charge in [0.2, 0.25) is 0 Å². The number of hydrogen-bond acceptors (Lipinski definition) is 7. The van der Waals surface area contributed by atoms with Gasteiger partial charge < -0.3 is 9.64 Å². The predicted molar refractivity (Wildman–Crippen MR) is 121 cm³/mol. The van der Waals surface area contributed by atoms with Crippen molar-refractivity contribution in [2.75, 3.05) is 18.6 Å². The van der Waals surface area contributed by atoms with Gasteiger partial charge in [0, 0.05) is 68.4 Å². The maximum absolute atomic E-state index is 12.6. The van der Waals surface area contributed by atoms with Crippen LogP contribution in [0.1, 0.15) is 28.2 Å². The molecule has 0 N–H and O–H groups in total. The average molecular weight is 432 g/mol. The zero-order valence-corrected chi connectivity index (χ0v) is 18.7. The molecular weight excluding hydrogens is 406 g/mol. The number of aromatic nitrogens is 6. The molecule has 1 aliphatic rings. The van der Waals surface area contributed by atoms with Crippen molar-refractivity contribution in [3.63, 3.8) is 0 Å². The van der Waals surface area contributed by atoms with Crippen molar-refractivity contribution >= 4 is 11.5 Å². The molecule has 0 bridgehead atoms. The number of anilines is 1. The molecule has 0 aliphatic carbocycles. The Morgan fingerprint density at radius 2 is 2.00 bits per heavy atom. The summed E-state index contributed by atoms with van der Waals surface area (Å²) in [7, 11) is 3.52. The Morgan fingerprint density at radius 1 is 1.16 bits per heavy atom. The van der Waals surface area contributed by atoms with E-state index >= 15 is 0 Å². The monoisotopic (exact) mass is 431 g/mol. The molecule has 0 amide bonds. The van der Waals surface area contributed by atoms with Crippen LogP contribution in [0.2, 0.25) is 0 Å². The third kappa shape index (κ3) is 3.44. The maximum Gasteiger partial charge on any atom is 0.274 e. The highest BCUT2D eigenvalue weighted by Crippen LogP contribution is 2.29. The molecule has 0 saturated carbocycles. The standard InChI is InChI=1S/C23H25N7O2/c1-14-7-21-26-18(13-32-4)9-22(31)30(21)27-23(14)29-6-5-20-17(12-29)8-16(10-24-20)19-11-25-28(3)15(19)2/h7-11H,5-6,12-13H2,1-4H3. The van der Waals surface area contributed by atoms with Crippen LogP contribution in [-0.4, -0.2) is 43.0 Å². The fourth-order valence-electron chi connectivity index (χ4n) is 4.24. The SMILES string of the molecule is COCc1cc(=O)n2nc(N3CCc4ncc(-c5cnn(C)c5C)cc4C3)c(C)cc2n1. The van der Waals surface area contributed by atoms with E-state index in [0.29, 0.717) is 24.5 Å². The van der Waals surface area contributed by atoms with E-state index in [4.69, 9.17) is 9.72 Å². The molecule has 1 aliphatic heterocycles. The number of fused-ring (bicyclic) bond motifs is 2. The molecule has 0 atom stereocenters. The summed E-state index contributed by atoms with van der Waals surface area (Å²) < 4.78 is 8.35. The molecule has 5 rings (SSSR count). The zero-order chi connectivity index (χ0) is 22.4. The largest absolute Gasteiger partial charge is 0.378 e. The topological polar surface area (TPSA) is 90.4 Å². The van der Waals surface area contributed by atoms with Crippen LogP contribution >= 0.6 is 0 Å². The summed E-state index contributed by atoms with van der Waals surface area (Å²) in [6.45, 7) is 5.81. The second kappa shape index (κ2) is 7.83. The van der Waals surface area contributed by atoms with Gasteiger partial charge in [0.25, 0.3) is 5.56 Å². The van der Waals surface area contributed by atoms with Crippen LogP contribution in [0.25, 0.3) is 16.8 Å². The van der Waals surface area contributed by atoms with E-state index in [0.717, 1.165) is 46.9 Å². The van der Waals surface area contributed by atoms with Crippen LogP contribution in [0.15, 0.2) is 35.4 Å². The Labute approximate surface area is 185 Å². The maximum atomic E-state index is 12.6. The first-order valence-electron chi connectivity index (χ1n) is 10.6. The van der Waals surface area contributed by atoms with Crippen molar-refractivity contribution in [1.82, 2.24) is 29.4 Å². The second-order valence-electron chi connectivity index (χ2n) is 8.21. The number of methoxy groups -OCH3 is 1. The number of pyridine rings is 1. The normalized spacial score (nSPS) is 13.6. The summed E-state index contributed by atoms with van der Waals surface area (Å²) in [6, 6.07) is 5.58. The molecule has 0 radical (unpaired) electrons. The van der Waals surface area contributed by atoms with E-state index in [1.807, 2.05) is 37.1 Å². The number of ether oxygens (including phenoxy) is 1. The van der Waals surface area contributed by atoms with Crippen molar-refractivity contribution in [3.8, 4) is 11.1 Å². The van der Waals surface area contributed by atoms with Crippen LogP contribution in [0.3, 0.4) is 0 Å². The number of aryl methyl sites for hydroxylation is 2. The minimum absolute atomic E-state index is 0.211. The predicted octanol–water partition coefficient (Wildman–Crippen LogP) is 2.21. The highest BCUT2D eigenvalue weighted by molar-refractivity contribution is 5.66. The first-order valence-corrected chi connectivity index (χ1v) is 10.6. The van der Waals surface area contributed by atoms with Gasteiger partial charge in [-0.2, -0.15) is 9.61 Å². The molecule has 0 unspecified atom stereocenters. The van der Waals surface area contributed by atoms with Crippen molar-refractivity contribution in [3.05, 3.63) is 69.2 Å². The Morgan fingerprint density at radius 3 is 2.75 bits per heavy atom. The first-order chi connectivity index (χ1) is 15.4. The number of hydrogen-bond donors (Lipinski definition) is 0. The highest BCUT2D eigenvalue weighted by Gasteiger charge is 2.22. The van der Waals surface area contributed by atoms with Gasteiger partial charge in [-0.3, -0.25) is 14.5 Å². The Bertz CT molecular complexity index is 1390. The van der Waals surface area contributed by atoms with Gasteiger partial charge in [-0.15, -0.1) is 5.10 Å². The van der Waals surface area contributed by atoms with Gasteiger partial charge in [0.05, 0.1) is 18.5 Å². The quantitative estimate of drug-likeness (QED) is 0.489. The Balaban J connectivity index is 1.51. The smallest absolute Gasteiger partial charge is 0.274 e. The molecule has 0 fully saturated rings. The van der Waals surface area contributed by atoms with E-state index in [1.54, 1.807) is 7.11 Å². The molecule has 32 heavy (non-hydrogen) atoms. The van der Waals surface area contributed by atoms with Crippen LogP contribution < -0.4 is 10.5 Å². The number of rotatable bonds is 4. The third-order valence-electron chi connectivity index (χ3n) is 6.04. The van der Waals surface area contributed by atoms with Crippen molar-refractivity contribution < 1.29 is 4.74 Å². The summed E-state index contributed by atoms with van der Waals surface area (Å²) in [5.41, 5.74) is 7.41. The fraction of sp³-hybridized carbons (Fsp3) is 0.348. The fourth-order valence-corrected chi connectivity index (χ4v) is 4.24. The Hall–Kier alpha value is -3.59. The molecule has 0 saturated heterocycles. The summed E-state index contributed by atoms with van der Waals surface area (Å²) >= 11 is 0. The molecule has 0 aromatic carbocycles. The lowest BCUT2D eigenvalue weighted by atomic mass is 10.0. The molecule has 0 spiro atoms. The van der Waals surface area contributed by atoms with Crippen LogP contribution in [0, 0.1) is 13.8 Å². The summed E-state index contributed by atoms with van der Waals surface area (Å²) in [6.07, 6.45) is 4.63. The van der Waals surface area contributed by atoms with Gasteiger partial charge in [-0.05, 0) is 37.1 Å². The second-order valence-corrected chi connectivity index (χ2v) is 8.21. The lowest BCUT2D eigenvalue weighted by Gasteiger charge is -2.30. The minimum Gasteiger partial charge on any atom is -0.378 e. The van der Waals surface area contributed by atoms with Gasteiger partial charge in [-0.1, -0.05) is 0 Å². The van der Waals surface area contributed by atoms with Gasteiger partial charge in [-0.25, -0.2) is 4.98 Å². The highest BCUT2D eigenvalue weighted by atomic mass is 16.5. The van der Waals surface area contributed by atoms with Crippen LogP contribution in [0.4, 0.5) is 5.82 Å². The third-order valence-corrected chi connectivity index (χ3v) is 6.04. The van der Waals surface area contributed by atoms with Gasteiger partial charge >= 0.3 is 0 Å². The van der Waals surface area contributed by atoms with Crippen molar-refractivity contribution in [1.29, 1.82) is 0 Å². The lowest BCUT2D eigenvalue weighted by Crippen LogP contribution is -2.33. The molecule has 4 aromatic heterocycles. The summed E-state index contributed by atoms with van der Waals surface area (Å²) in [5.74, 6) is 0.787.